The number of sulfonamides is 1. The molecule has 0 radical (unpaired) electrons. The Balaban J connectivity index is 1.58. The van der Waals surface area contributed by atoms with E-state index in [4.69, 9.17) is 0 Å². The molecule has 1 fully saturated rings. The van der Waals surface area contributed by atoms with Gasteiger partial charge in [-0.3, -0.25) is 0 Å². The highest BCUT2D eigenvalue weighted by Gasteiger charge is 2.33. The zero-order valence-electron chi connectivity index (χ0n) is 12.5. The lowest BCUT2D eigenvalue weighted by molar-refractivity contribution is 0.412. The maximum Gasteiger partial charge on any atom is 0.243 e. The number of fused-ring (bicyclic) bond motifs is 1. The van der Waals surface area contributed by atoms with Crippen LogP contribution in [0.1, 0.15) is 30.4 Å². The predicted molar refractivity (Wildman–Crippen MR) is 80.9 cm³/mol. The second-order valence-corrected chi connectivity index (χ2v) is 7.95. The molecule has 1 aliphatic heterocycles. The maximum absolute atomic E-state index is 13.0. The van der Waals surface area contributed by atoms with Gasteiger partial charge in [-0.25, -0.2) is 12.8 Å². The van der Waals surface area contributed by atoms with Crippen molar-refractivity contribution in [3.05, 3.63) is 41.7 Å². The molecule has 1 aromatic carbocycles. The fourth-order valence-electron chi connectivity index (χ4n) is 2.97. The Morgan fingerprint density at radius 3 is 2.48 bits per heavy atom. The first kappa shape index (κ1) is 14.8. The van der Waals surface area contributed by atoms with Crippen molar-refractivity contribution in [3.8, 4) is 0 Å². The number of benzene rings is 1. The summed E-state index contributed by atoms with van der Waals surface area (Å²) in [6.07, 6.45) is 2.81. The van der Waals surface area contributed by atoms with Crippen LogP contribution < -0.4 is 0 Å². The van der Waals surface area contributed by atoms with Crippen molar-refractivity contribution in [2.45, 2.75) is 36.6 Å². The molecule has 1 saturated carbocycles. The van der Waals surface area contributed by atoms with Crippen molar-refractivity contribution in [1.29, 1.82) is 0 Å². The van der Waals surface area contributed by atoms with Gasteiger partial charge >= 0.3 is 0 Å². The van der Waals surface area contributed by atoms with Crippen molar-refractivity contribution in [1.82, 2.24) is 19.1 Å². The quantitative estimate of drug-likeness (QED) is 0.853. The minimum atomic E-state index is -3.61. The normalized spacial score (nSPS) is 19.3. The van der Waals surface area contributed by atoms with E-state index in [0.717, 1.165) is 24.5 Å². The Hall–Kier alpha value is -1.80. The van der Waals surface area contributed by atoms with Crippen LogP contribution in [-0.2, 0) is 23.0 Å². The van der Waals surface area contributed by atoms with E-state index in [2.05, 4.69) is 14.8 Å². The fraction of sp³-hybridized carbons (Fsp3) is 0.467. The van der Waals surface area contributed by atoms with Crippen molar-refractivity contribution < 1.29 is 12.8 Å². The first-order valence-electron chi connectivity index (χ1n) is 7.73. The van der Waals surface area contributed by atoms with Crippen LogP contribution in [0.3, 0.4) is 0 Å². The Morgan fingerprint density at radius 1 is 1.04 bits per heavy atom. The Labute approximate surface area is 134 Å². The number of nitrogens with zero attached hydrogens (tertiary/aromatic N) is 4. The molecule has 0 bridgehead atoms. The summed E-state index contributed by atoms with van der Waals surface area (Å²) in [6, 6.07) is 4.96. The van der Waals surface area contributed by atoms with Gasteiger partial charge in [0.15, 0.2) is 0 Å². The van der Waals surface area contributed by atoms with Crippen LogP contribution in [0, 0.1) is 5.82 Å². The van der Waals surface area contributed by atoms with Gasteiger partial charge in [0.1, 0.15) is 17.5 Å². The van der Waals surface area contributed by atoms with Crippen molar-refractivity contribution >= 4 is 10.0 Å². The van der Waals surface area contributed by atoms with Gasteiger partial charge in [0.2, 0.25) is 10.0 Å². The van der Waals surface area contributed by atoms with Gasteiger partial charge < -0.3 is 4.57 Å². The largest absolute Gasteiger partial charge is 0.313 e. The van der Waals surface area contributed by atoms with Gasteiger partial charge in [-0.15, -0.1) is 10.2 Å². The molecule has 0 atom stereocenters. The molecule has 2 aromatic rings. The van der Waals surface area contributed by atoms with Crippen molar-refractivity contribution in [2.24, 2.45) is 0 Å². The standard InChI is InChI=1S/C15H17FN4O2S/c16-12-3-5-13(6-4-12)23(21,22)19-8-7-14-17-18-15(11-1-2-11)20(14)10-9-19/h3-6,11H,1-2,7-10H2. The van der Waals surface area contributed by atoms with Crippen LogP contribution in [0.25, 0.3) is 0 Å². The van der Waals surface area contributed by atoms with Crippen LogP contribution >= 0.6 is 0 Å². The Bertz CT molecular complexity index is 828. The SMILES string of the molecule is O=S(=O)(c1ccc(F)cc1)N1CCc2nnc(C3CC3)n2CC1. The topological polar surface area (TPSA) is 68.1 Å². The summed E-state index contributed by atoms with van der Waals surface area (Å²) in [4.78, 5) is 0.124. The highest BCUT2D eigenvalue weighted by atomic mass is 32.2. The summed E-state index contributed by atoms with van der Waals surface area (Å²) in [5.74, 6) is 1.88. The molecule has 0 unspecified atom stereocenters. The summed E-state index contributed by atoms with van der Waals surface area (Å²) in [5.41, 5.74) is 0. The molecular weight excluding hydrogens is 319 g/mol. The molecule has 122 valence electrons. The molecule has 1 aliphatic carbocycles. The van der Waals surface area contributed by atoms with E-state index in [1.54, 1.807) is 0 Å². The van der Waals surface area contributed by atoms with Crippen molar-refractivity contribution in [3.63, 3.8) is 0 Å². The molecule has 0 spiro atoms. The summed E-state index contributed by atoms with van der Waals surface area (Å²) in [7, 11) is -3.61. The van der Waals surface area contributed by atoms with Gasteiger partial charge in [-0.1, -0.05) is 0 Å². The molecule has 1 aromatic heterocycles. The third-order valence-electron chi connectivity index (χ3n) is 4.41. The molecule has 2 heterocycles. The van der Waals surface area contributed by atoms with E-state index in [1.807, 2.05) is 0 Å². The van der Waals surface area contributed by atoms with Gasteiger partial charge in [0.25, 0.3) is 0 Å². The molecule has 0 N–H and O–H groups in total. The Morgan fingerprint density at radius 2 is 1.78 bits per heavy atom. The second-order valence-electron chi connectivity index (χ2n) is 6.01. The van der Waals surface area contributed by atoms with E-state index >= 15 is 0 Å². The second kappa shape index (κ2) is 5.38. The number of aromatic nitrogens is 3. The third kappa shape index (κ3) is 2.66. The molecular formula is C15H17FN4O2S. The van der Waals surface area contributed by atoms with Crippen LogP contribution in [0.5, 0.6) is 0 Å². The summed E-state index contributed by atoms with van der Waals surface area (Å²) < 4.78 is 42.0. The zero-order valence-corrected chi connectivity index (χ0v) is 13.3. The highest BCUT2D eigenvalue weighted by Crippen LogP contribution is 2.39. The van der Waals surface area contributed by atoms with Gasteiger partial charge in [-0.05, 0) is 37.1 Å². The maximum atomic E-state index is 13.0. The first-order valence-corrected chi connectivity index (χ1v) is 9.17. The van der Waals surface area contributed by atoms with Gasteiger partial charge in [0.05, 0.1) is 4.90 Å². The molecule has 6 nitrogen and oxygen atoms in total. The predicted octanol–water partition coefficient (Wildman–Crippen LogP) is 1.54. The lowest BCUT2D eigenvalue weighted by atomic mass is 10.3. The van der Waals surface area contributed by atoms with Crippen LogP contribution in [-0.4, -0.2) is 40.6 Å². The number of rotatable bonds is 3. The zero-order chi connectivity index (χ0) is 16.0. The number of hydrogen-bond donors (Lipinski definition) is 0. The third-order valence-corrected chi connectivity index (χ3v) is 6.32. The monoisotopic (exact) mass is 336 g/mol. The van der Waals surface area contributed by atoms with E-state index in [9.17, 15) is 12.8 Å². The highest BCUT2D eigenvalue weighted by molar-refractivity contribution is 7.89. The molecule has 0 saturated heterocycles. The molecule has 4 rings (SSSR count). The Kier molecular flexibility index (Phi) is 3.46. The number of halogens is 1. The van der Waals surface area contributed by atoms with Gasteiger partial charge in [0, 0.05) is 32.0 Å². The average molecular weight is 336 g/mol. The first-order chi connectivity index (χ1) is 11.1. The summed E-state index contributed by atoms with van der Waals surface area (Å²) in [5, 5.41) is 8.48. The van der Waals surface area contributed by atoms with Crippen LogP contribution in [0.2, 0.25) is 0 Å². The average Bonchev–Trinajstić information content (AvgIpc) is 3.33. The van der Waals surface area contributed by atoms with E-state index in [0.29, 0.717) is 32.0 Å². The summed E-state index contributed by atoms with van der Waals surface area (Å²) >= 11 is 0. The van der Waals surface area contributed by atoms with E-state index < -0.39 is 15.8 Å². The molecule has 2 aliphatic rings. The van der Waals surface area contributed by atoms with E-state index in [1.165, 1.54) is 28.6 Å². The molecule has 8 heteroatoms. The minimum Gasteiger partial charge on any atom is -0.313 e. The lowest BCUT2D eigenvalue weighted by Crippen LogP contribution is -2.33. The lowest BCUT2D eigenvalue weighted by Gasteiger charge is -2.19. The van der Waals surface area contributed by atoms with E-state index in [-0.39, 0.29) is 4.90 Å². The number of hydrogen-bond acceptors (Lipinski definition) is 4. The van der Waals surface area contributed by atoms with Crippen molar-refractivity contribution in [2.75, 3.05) is 13.1 Å². The molecule has 23 heavy (non-hydrogen) atoms. The fourth-order valence-corrected chi connectivity index (χ4v) is 4.40. The minimum absolute atomic E-state index is 0.124. The van der Waals surface area contributed by atoms with Crippen LogP contribution in [0.15, 0.2) is 29.2 Å². The molecule has 0 amide bonds. The smallest absolute Gasteiger partial charge is 0.243 e. The van der Waals surface area contributed by atoms with Gasteiger partial charge in [-0.2, -0.15) is 4.31 Å². The van der Waals surface area contributed by atoms with Crippen LogP contribution in [0.4, 0.5) is 4.39 Å². The summed E-state index contributed by atoms with van der Waals surface area (Å²) in [6.45, 7) is 1.31.